The van der Waals surface area contributed by atoms with Crippen LogP contribution in [0.2, 0.25) is 0 Å². The molecule has 6 aromatic rings. The predicted octanol–water partition coefficient (Wildman–Crippen LogP) is 8.28. The molecule has 0 saturated carbocycles. The van der Waals surface area contributed by atoms with Crippen LogP contribution in [0.4, 0.5) is 0 Å². The van der Waals surface area contributed by atoms with Gasteiger partial charge in [-0.2, -0.15) is 4.57 Å². The van der Waals surface area contributed by atoms with Crippen LogP contribution >= 0.6 is 0 Å². The molecule has 0 N–H and O–H groups in total. The summed E-state index contributed by atoms with van der Waals surface area (Å²) in [5.41, 5.74) is 12.1. The molecule has 0 bridgehead atoms. The first-order chi connectivity index (χ1) is 18.2. The zero-order valence-corrected chi connectivity index (χ0v) is 21.2. The van der Waals surface area contributed by atoms with Gasteiger partial charge in [0.05, 0.1) is 5.69 Å². The van der Waals surface area contributed by atoms with Crippen LogP contribution in [0.15, 0.2) is 140 Å². The second kappa shape index (κ2) is 9.75. The van der Waals surface area contributed by atoms with E-state index in [0.717, 1.165) is 0 Å². The lowest BCUT2D eigenvalue weighted by Crippen LogP contribution is -2.31. The van der Waals surface area contributed by atoms with Gasteiger partial charge in [-0.15, -0.1) is 0 Å². The molecule has 6 rings (SSSR count). The largest absolute Gasteiger partial charge is 0.310 e. The molecule has 0 aliphatic carbocycles. The third kappa shape index (κ3) is 4.28. The Morgan fingerprint density at radius 2 is 1.05 bits per heavy atom. The summed E-state index contributed by atoms with van der Waals surface area (Å²) in [7, 11) is 2.14. The van der Waals surface area contributed by atoms with Crippen molar-refractivity contribution in [2.45, 2.75) is 6.92 Å². The fourth-order valence-corrected chi connectivity index (χ4v) is 5.20. The average Bonchev–Trinajstić information content (AvgIpc) is 3.34. The highest BCUT2D eigenvalue weighted by molar-refractivity contribution is 5.87. The Labute approximate surface area is 218 Å². The third-order valence-corrected chi connectivity index (χ3v) is 7.02. The lowest BCUT2D eigenvalue weighted by molar-refractivity contribution is -0.660. The number of para-hydroxylation sites is 1. The molecule has 0 aliphatic rings. The van der Waals surface area contributed by atoms with E-state index in [2.05, 4.69) is 163 Å². The fraction of sp³-hybridized carbons (Fsp3) is 0.0571. The molecule has 4 aromatic carbocycles. The van der Waals surface area contributed by atoms with E-state index in [1.165, 1.54) is 56.0 Å². The maximum Gasteiger partial charge on any atom is 0.229 e. The molecule has 2 aromatic heterocycles. The van der Waals surface area contributed by atoms with Crippen molar-refractivity contribution in [1.82, 2.24) is 4.57 Å². The molecular weight excluding hydrogens is 448 g/mol. The number of hydrogen-bond donors (Lipinski definition) is 0. The molecule has 0 fully saturated rings. The van der Waals surface area contributed by atoms with E-state index in [9.17, 15) is 0 Å². The van der Waals surface area contributed by atoms with Gasteiger partial charge in [-0.3, -0.25) is 0 Å². The van der Waals surface area contributed by atoms with E-state index >= 15 is 0 Å². The normalized spacial score (nSPS) is 11.0. The van der Waals surface area contributed by atoms with E-state index in [1.54, 1.807) is 0 Å². The minimum Gasteiger partial charge on any atom is -0.310 e. The summed E-state index contributed by atoms with van der Waals surface area (Å²) in [4.78, 5) is 0. The van der Waals surface area contributed by atoms with Crippen LogP contribution in [0, 0.1) is 6.92 Å². The number of aryl methyl sites for hydroxylation is 2. The zero-order valence-electron chi connectivity index (χ0n) is 21.2. The van der Waals surface area contributed by atoms with E-state index in [0.29, 0.717) is 0 Å². The predicted molar refractivity (Wildman–Crippen MR) is 153 cm³/mol. The van der Waals surface area contributed by atoms with Crippen molar-refractivity contribution in [2.75, 3.05) is 0 Å². The topological polar surface area (TPSA) is 8.81 Å². The first-order valence-corrected chi connectivity index (χ1v) is 12.7. The molecule has 0 aliphatic heterocycles. The van der Waals surface area contributed by atoms with Crippen molar-refractivity contribution in [3.63, 3.8) is 0 Å². The maximum atomic E-state index is 2.37. The van der Waals surface area contributed by atoms with Crippen molar-refractivity contribution >= 4 is 0 Å². The summed E-state index contributed by atoms with van der Waals surface area (Å²) in [5.74, 6) is 0. The van der Waals surface area contributed by atoms with Gasteiger partial charge >= 0.3 is 0 Å². The summed E-state index contributed by atoms with van der Waals surface area (Å²) >= 11 is 0. The second-order valence-electron chi connectivity index (χ2n) is 9.43. The van der Waals surface area contributed by atoms with Gasteiger partial charge in [-0.25, -0.2) is 0 Å². The SMILES string of the molecule is Cc1ccn(-c2c(-c3ccccc3)cccc2-c2ccccc2)c1-c1ccc(-c2ccccc2)c[n+]1C. The van der Waals surface area contributed by atoms with E-state index < -0.39 is 0 Å². The Bertz CT molecular complexity index is 1610. The van der Waals surface area contributed by atoms with Crippen LogP contribution in [0.3, 0.4) is 0 Å². The summed E-state index contributed by atoms with van der Waals surface area (Å²) in [6, 6.07) is 45.2. The highest BCUT2D eigenvalue weighted by Crippen LogP contribution is 2.39. The summed E-state index contributed by atoms with van der Waals surface area (Å²) in [5, 5.41) is 0. The summed E-state index contributed by atoms with van der Waals surface area (Å²) in [6.45, 7) is 2.20. The van der Waals surface area contributed by atoms with Gasteiger partial charge in [-0.1, -0.05) is 109 Å². The Hall–Kier alpha value is -4.69. The molecule has 0 saturated heterocycles. The Morgan fingerprint density at radius 3 is 1.59 bits per heavy atom. The van der Waals surface area contributed by atoms with Crippen LogP contribution in [0.1, 0.15) is 5.56 Å². The summed E-state index contributed by atoms with van der Waals surface area (Å²) < 4.78 is 4.62. The van der Waals surface area contributed by atoms with Crippen LogP contribution in [0.5, 0.6) is 0 Å². The summed E-state index contributed by atoms with van der Waals surface area (Å²) in [6.07, 6.45) is 4.44. The molecule has 2 heterocycles. The molecular formula is C35H29N2+. The highest BCUT2D eigenvalue weighted by atomic mass is 15.0. The van der Waals surface area contributed by atoms with Gasteiger partial charge in [0, 0.05) is 29.0 Å². The lowest BCUT2D eigenvalue weighted by atomic mass is 9.95. The smallest absolute Gasteiger partial charge is 0.229 e. The Kier molecular flexibility index (Phi) is 6.00. The Balaban J connectivity index is 1.59. The molecule has 0 unspecified atom stereocenters. The van der Waals surface area contributed by atoms with E-state index in [1.807, 2.05) is 0 Å². The standard InChI is InChI=1S/C35H29N2/c1-26-23-24-37(34(26)33-22-21-30(25-36(33)2)27-13-6-3-7-14-27)35-31(28-15-8-4-9-16-28)19-12-20-32(35)29-17-10-5-11-18-29/h3-25H,1-2H3/q+1. The molecule has 2 nitrogen and oxygen atoms in total. The van der Waals surface area contributed by atoms with Crippen LogP contribution < -0.4 is 4.57 Å². The Morgan fingerprint density at radius 1 is 0.514 bits per heavy atom. The van der Waals surface area contributed by atoms with Gasteiger partial charge in [0.15, 0.2) is 6.20 Å². The maximum absolute atomic E-state index is 2.37. The molecule has 0 atom stereocenters. The number of hydrogen-bond acceptors (Lipinski definition) is 0. The average molecular weight is 478 g/mol. The minimum absolute atomic E-state index is 1.17. The number of benzene rings is 4. The van der Waals surface area contributed by atoms with Gasteiger partial charge in [0.2, 0.25) is 5.69 Å². The lowest BCUT2D eigenvalue weighted by Gasteiger charge is -2.19. The zero-order chi connectivity index (χ0) is 25.2. The van der Waals surface area contributed by atoms with Gasteiger partial charge in [-0.05, 0) is 41.3 Å². The molecule has 2 heteroatoms. The van der Waals surface area contributed by atoms with Crippen molar-refractivity contribution < 1.29 is 4.57 Å². The molecule has 37 heavy (non-hydrogen) atoms. The van der Waals surface area contributed by atoms with Crippen molar-refractivity contribution in [3.05, 3.63) is 145 Å². The highest BCUT2D eigenvalue weighted by Gasteiger charge is 2.23. The van der Waals surface area contributed by atoms with Crippen molar-refractivity contribution in [1.29, 1.82) is 0 Å². The fourth-order valence-electron chi connectivity index (χ4n) is 5.20. The van der Waals surface area contributed by atoms with Gasteiger partial charge < -0.3 is 4.57 Å². The molecule has 0 spiro atoms. The van der Waals surface area contributed by atoms with E-state index in [4.69, 9.17) is 0 Å². The second-order valence-corrected chi connectivity index (χ2v) is 9.43. The van der Waals surface area contributed by atoms with Crippen LogP contribution in [0.25, 0.3) is 50.5 Å². The van der Waals surface area contributed by atoms with Crippen molar-refractivity contribution in [2.24, 2.45) is 7.05 Å². The minimum atomic E-state index is 1.17. The number of pyridine rings is 1. The first kappa shape index (κ1) is 22.8. The molecule has 0 amide bonds. The van der Waals surface area contributed by atoms with Gasteiger partial charge in [0.25, 0.3) is 0 Å². The van der Waals surface area contributed by atoms with Crippen molar-refractivity contribution in [3.8, 4) is 50.5 Å². The molecule has 178 valence electrons. The third-order valence-electron chi connectivity index (χ3n) is 7.02. The monoisotopic (exact) mass is 477 g/mol. The first-order valence-electron chi connectivity index (χ1n) is 12.7. The quantitative estimate of drug-likeness (QED) is 0.221. The van der Waals surface area contributed by atoms with Crippen LogP contribution in [-0.4, -0.2) is 4.57 Å². The van der Waals surface area contributed by atoms with E-state index in [-0.39, 0.29) is 0 Å². The van der Waals surface area contributed by atoms with Gasteiger partial charge in [0.1, 0.15) is 12.7 Å². The molecule has 0 radical (unpaired) electrons. The van der Waals surface area contributed by atoms with Crippen LogP contribution in [-0.2, 0) is 7.05 Å². The number of rotatable bonds is 5. The number of aromatic nitrogens is 2. The number of nitrogens with zero attached hydrogens (tertiary/aromatic N) is 2.